The zero-order chi connectivity index (χ0) is 17.5. The van der Waals surface area contributed by atoms with Crippen molar-refractivity contribution in [1.29, 1.82) is 0 Å². The van der Waals surface area contributed by atoms with Crippen LogP contribution in [0.2, 0.25) is 0 Å². The number of nitrogens with one attached hydrogen (secondary N) is 1. The lowest BCUT2D eigenvalue weighted by Crippen LogP contribution is -2.25. The van der Waals surface area contributed by atoms with Gasteiger partial charge in [0.15, 0.2) is 11.5 Å². The normalized spacial score (nSPS) is 17.8. The summed E-state index contributed by atoms with van der Waals surface area (Å²) in [5.74, 6) is 2.09. The van der Waals surface area contributed by atoms with Gasteiger partial charge in [-0.05, 0) is 57.3 Å². The van der Waals surface area contributed by atoms with Crippen LogP contribution in [0.4, 0.5) is 5.69 Å². The predicted octanol–water partition coefficient (Wildman–Crippen LogP) is 3.81. The van der Waals surface area contributed by atoms with Crippen LogP contribution in [0.1, 0.15) is 39.6 Å². The van der Waals surface area contributed by atoms with Crippen LogP contribution in [0.5, 0.6) is 17.2 Å². The van der Waals surface area contributed by atoms with Gasteiger partial charge >= 0.3 is 0 Å². The molecule has 5 heteroatoms. The molecule has 0 spiro atoms. The summed E-state index contributed by atoms with van der Waals surface area (Å²) in [4.78, 5) is 2.48. The lowest BCUT2D eigenvalue weighted by Gasteiger charge is -2.21. The first kappa shape index (κ1) is 18.7. The molecule has 138 valence electrons. The summed E-state index contributed by atoms with van der Waals surface area (Å²) in [7, 11) is 7.21. The van der Waals surface area contributed by atoms with E-state index in [9.17, 15) is 0 Å². The quantitative estimate of drug-likeness (QED) is 0.694. The zero-order valence-electron chi connectivity index (χ0n) is 15.8. The van der Waals surface area contributed by atoms with E-state index in [4.69, 9.17) is 14.2 Å². The first-order chi connectivity index (χ1) is 11.7. The van der Waals surface area contributed by atoms with Crippen LogP contribution in [-0.2, 0) is 6.42 Å². The third-order valence-corrected chi connectivity index (χ3v) is 4.98. The molecule has 5 nitrogen and oxygen atoms in total. The molecule has 0 aliphatic carbocycles. The molecule has 1 aromatic carbocycles. The maximum Gasteiger partial charge on any atom is 0.205 e. The van der Waals surface area contributed by atoms with E-state index in [-0.39, 0.29) is 1.43 Å². The van der Waals surface area contributed by atoms with Crippen molar-refractivity contribution in [2.45, 2.75) is 45.1 Å². The van der Waals surface area contributed by atoms with Crippen molar-refractivity contribution in [3.63, 3.8) is 0 Å². The molecule has 1 aromatic rings. The van der Waals surface area contributed by atoms with Gasteiger partial charge in [0, 0.05) is 14.0 Å². The Morgan fingerprint density at radius 1 is 1.21 bits per heavy atom. The number of rotatable bonds is 9. The smallest absolute Gasteiger partial charge is 0.205 e. The second kappa shape index (κ2) is 9.02. The van der Waals surface area contributed by atoms with Crippen molar-refractivity contribution < 1.29 is 15.6 Å². The topological polar surface area (TPSA) is 43.0 Å². The molecule has 0 bridgehead atoms. The van der Waals surface area contributed by atoms with E-state index in [2.05, 4.69) is 24.2 Å². The van der Waals surface area contributed by atoms with Crippen molar-refractivity contribution in [1.82, 2.24) is 4.90 Å². The van der Waals surface area contributed by atoms with Crippen molar-refractivity contribution in [2.75, 3.05) is 46.8 Å². The standard InChI is InChI=1S/C19H32N2O3.H2/c1-6-14-13-16(22-3)18(23-4)19(24-5)17(14)20-11-7-9-15-10-8-12-21(15)2;/h13,15,20H,6-12H2,1-5H3;1H/t15-;/m0./s1. The molecule has 24 heavy (non-hydrogen) atoms. The van der Waals surface area contributed by atoms with Crippen LogP contribution < -0.4 is 19.5 Å². The second-order valence-corrected chi connectivity index (χ2v) is 6.38. The van der Waals surface area contributed by atoms with Gasteiger partial charge in [0.05, 0.1) is 27.0 Å². The summed E-state index contributed by atoms with van der Waals surface area (Å²) in [6.45, 7) is 4.31. The van der Waals surface area contributed by atoms with Gasteiger partial charge in [0.1, 0.15) is 0 Å². The van der Waals surface area contributed by atoms with Gasteiger partial charge in [-0.1, -0.05) is 6.92 Å². The molecule has 1 aliphatic rings. The molecule has 1 saturated heterocycles. The Hall–Kier alpha value is -1.62. The monoisotopic (exact) mass is 338 g/mol. The first-order valence-corrected chi connectivity index (χ1v) is 8.92. The highest BCUT2D eigenvalue weighted by atomic mass is 16.5. The average molecular weight is 338 g/mol. The van der Waals surface area contributed by atoms with Crippen LogP contribution in [0.3, 0.4) is 0 Å². The molecule has 1 fully saturated rings. The average Bonchev–Trinajstić information content (AvgIpc) is 3.02. The van der Waals surface area contributed by atoms with E-state index in [1.807, 2.05) is 6.07 Å². The lowest BCUT2D eigenvalue weighted by molar-refractivity contribution is 0.293. The third-order valence-electron chi connectivity index (χ3n) is 4.98. The first-order valence-electron chi connectivity index (χ1n) is 8.92. The number of hydrogen-bond donors (Lipinski definition) is 1. The minimum Gasteiger partial charge on any atom is -0.493 e. The highest BCUT2D eigenvalue weighted by molar-refractivity contribution is 5.72. The van der Waals surface area contributed by atoms with Crippen molar-refractivity contribution in [3.05, 3.63) is 11.6 Å². The van der Waals surface area contributed by atoms with Crippen molar-refractivity contribution in [3.8, 4) is 17.2 Å². The van der Waals surface area contributed by atoms with Crippen LogP contribution in [0, 0.1) is 0 Å². The number of hydrogen-bond acceptors (Lipinski definition) is 5. The second-order valence-electron chi connectivity index (χ2n) is 6.38. The van der Waals surface area contributed by atoms with E-state index in [1.54, 1.807) is 21.3 Å². The summed E-state index contributed by atoms with van der Waals surface area (Å²) < 4.78 is 16.6. The van der Waals surface area contributed by atoms with Gasteiger partial charge in [-0.15, -0.1) is 0 Å². The van der Waals surface area contributed by atoms with Crippen molar-refractivity contribution in [2.24, 2.45) is 0 Å². The maximum atomic E-state index is 5.62. The number of aryl methyl sites for hydroxylation is 1. The number of ether oxygens (including phenoxy) is 3. The number of methoxy groups -OCH3 is 3. The van der Waals surface area contributed by atoms with E-state index in [1.165, 1.54) is 31.4 Å². The molecule has 1 N–H and O–H groups in total. The summed E-state index contributed by atoms with van der Waals surface area (Å²) in [5, 5.41) is 3.57. The highest BCUT2D eigenvalue weighted by Crippen LogP contribution is 2.45. The summed E-state index contributed by atoms with van der Waals surface area (Å²) in [6.07, 6.45) is 5.95. The molecular formula is C19H34N2O3. The Morgan fingerprint density at radius 2 is 1.96 bits per heavy atom. The Morgan fingerprint density at radius 3 is 2.50 bits per heavy atom. The number of nitrogens with zero attached hydrogens (tertiary/aromatic N) is 1. The molecule has 2 rings (SSSR count). The molecule has 0 unspecified atom stereocenters. The molecular weight excluding hydrogens is 304 g/mol. The van der Waals surface area contributed by atoms with E-state index in [0.717, 1.165) is 36.9 Å². The molecule has 1 aliphatic heterocycles. The fraction of sp³-hybridized carbons (Fsp3) is 0.684. The molecule has 1 atom stereocenters. The predicted molar refractivity (Wildman–Crippen MR) is 101 cm³/mol. The SMILES string of the molecule is CCc1cc(OC)c(OC)c(OC)c1NCCC[C@H]1CCCN1C.[HH]. The Bertz CT molecular complexity index is 540. The van der Waals surface area contributed by atoms with E-state index >= 15 is 0 Å². The number of benzene rings is 1. The maximum absolute atomic E-state index is 5.62. The Kier molecular flexibility index (Phi) is 7.03. The van der Waals surface area contributed by atoms with Crippen LogP contribution >= 0.6 is 0 Å². The van der Waals surface area contributed by atoms with Gasteiger partial charge in [0.25, 0.3) is 0 Å². The molecule has 0 aromatic heterocycles. The lowest BCUT2D eigenvalue weighted by atomic mass is 10.1. The number of likely N-dealkylation sites (tertiary alicyclic amines) is 1. The zero-order valence-corrected chi connectivity index (χ0v) is 15.8. The molecule has 0 saturated carbocycles. The largest absolute Gasteiger partial charge is 0.493 e. The third kappa shape index (κ3) is 4.07. The highest BCUT2D eigenvalue weighted by Gasteiger charge is 2.21. The summed E-state index contributed by atoms with van der Waals surface area (Å²) in [6, 6.07) is 2.78. The van der Waals surface area contributed by atoms with Gasteiger partial charge in [-0.3, -0.25) is 0 Å². The fourth-order valence-electron chi connectivity index (χ4n) is 3.57. The Balaban J connectivity index is 0.00000312. The molecule has 0 radical (unpaired) electrons. The fourth-order valence-corrected chi connectivity index (χ4v) is 3.57. The van der Waals surface area contributed by atoms with Crippen LogP contribution in [0.25, 0.3) is 0 Å². The van der Waals surface area contributed by atoms with Gasteiger partial charge < -0.3 is 24.4 Å². The summed E-state index contributed by atoms with van der Waals surface area (Å²) in [5.41, 5.74) is 2.21. The Labute approximate surface area is 147 Å². The van der Waals surface area contributed by atoms with Crippen molar-refractivity contribution >= 4 is 5.69 Å². The van der Waals surface area contributed by atoms with Gasteiger partial charge in [0.2, 0.25) is 5.75 Å². The van der Waals surface area contributed by atoms with Gasteiger partial charge in [-0.2, -0.15) is 0 Å². The van der Waals surface area contributed by atoms with Crippen LogP contribution in [0.15, 0.2) is 6.07 Å². The number of anilines is 1. The van der Waals surface area contributed by atoms with E-state index in [0.29, 0.717) is 11.5 Å². The minimum absolute atomic E-state index is 0. The molecule has 0 amide bonds. The van der Waals surface area contributed by atoms with Gasteiger partial charge in [-0.25, -0.2) is 0 Å². The minimum atomic E-state index is 0. The van der Waals surface area contributed by atoms with E-state index < -0.39 is 0 Å². The van der Waals surface area contributed by atoms with Crippen LogP contribution in [-0.4, -0.2) is 52.4 Å². The molecule has 1 heterocycles. The summed E-state index contributed by atoms with van der Waals surface area (Å²) >= 11 is 0.